The van der Waals surface area contributed by atoms with Gasteiger partial charge in [0.1, 0.15) is 5.69 Å². The highest BCUT2D eigenvalue weighted by Gasteiger charge is 2.15. The van der Waals surface area contributed by atoms with Crippen molar-refractivity contribution in [3.63, 3.8) is 0 Å². The zero-order chi connectivity index (χ0) is 13.1. The Morgan fingerprint density at radius 2 is 2.17 bits per heavy atom. The van der Waals surface area contributed by atoms with E-state index in [1.807, 2.05) is 31.2 Å². The zero-order valence-corrected chi connectivity index (χ0v) is 11.0. The Morgan fingerprint density at radius 3 is 2.78 bits per heavy atom. The molecule has 18 heavy (non-hydrogen) atoms. The van der Waals surface area contributed by atoms with Crippen LogP contribution in [0.15, 0.2) is 36.4 Å². The van der Waals surface area contributed by atoms with Crippen molar-refractivity contribution in [2.24, 2.45) is 5.73 Å². The van der Waals surface area contributed by atoms with E-state index >= 15 is 0 Å². The molecule has 2 rings (SSSR count). The minimum atomic E-state index is 0.330. The van der Waals surface area contributed by atoms with Gasteiger partial charge in [0.25, 0.3) is 0 Å². The molecular formula is C13H15ClN4. The molecule has 0 radical (unpaired) electrons. The topological polar surface area (TPSA) is 56.7 Å². The first-order valence-electron chi connectivity index (χ1n) is 5.65. The lowest BCUT2D eigenvalue weighted by Crippen LogP contribution is -2.05. The molecule has 2 aromatic rings. The Morgan fingerprint density at radius 1 is 1.44 bits per heavy atom. The highest BCUT2D eigenvalue weighted by Crippen LogP contribution is 2.29. The normalized spacial score (nSPS) is 10.6. The summed E-state index contributed by atoms with van der Waals surface area (Å²) in [6, 6.07) is 7.60. The maximum Gasteiger partial charge on any atom is 0.104 e. The minimum Gasteiger partial charge on any atom is -0.325 e. The first-order valence-corrected chi connectivity index (χ1v) is 6.03. The van der Waals surface area contributed by atoms with E-state index in [0.29, 0.717) is 18.1 Å². The van der Waals surface area contributed by atoms with Crippen LogP contribution >= 0.6 is 11.6 Å². The quantitative estimate of drug-likeness (QED) is 0.862. The third-order valence-electron chi connectivity index (χ3n) is 2.55. The number of hydrogen-bond acceptors (Lipinski definition) is 3. The molecule has 2 N–H and O–H groups in total. The molecule has 0 amide bonds. The predicted octanol–water partition coefficient (Wildman–Crippen LogP) is 2.63. The molecule has 0 aliphatic heterocycles. The van der Waals surface area contributed by atoms with Gasteiger partial charge in [-0.25, -0.2) is 4.68 Å². The number of hydrogen-bond donors (Lipinski definition) is 1. The van der Waals surface area contributed by atoms with Crippen molar-refractivity contribution < 1.29 is 0 Å². The number of rotatable bonds is 4. The standard InChI is InChI=1S/C13H15ClN4/c1-9(2)8-18-13(12(7-15)16-17-18)10-5-3-4-6-11(10)14/h3-6H,1,7-8,15H2,2H3. The SMILES string of the molecule is C=C(C)Cn1nnc(CN)c1-c1ccccc1Cl. The van der Waals surface area contributed by atoms with Crippen LogP contribution in [0.3, 0.4) is 0 Å². The Labute approximate surface area is 111 Å². The molecule has 1 heterocycles. The van der Waals surface area contributed by atoms with E-state index in [2.05, 4.69) is 16.9 Å². The molecule has 0 fully saturated rings. The van der Waals surface area contributed by atoms with Crippen LogP contribution in [0.25, 0.3) is 11.3 Å². The van der Waals surface area contributed by atoms with Gasteiger partial charge in [-0.05, 0) is 13.0 Å². The summed E-state index contributed by atoms with van der Waals surface area (Å²) in [7, 11) is 0. The summed E-state index contributed by atoms with van der Waals surface area (Å²) in [6.07, 6.45) is 0. The van der Waals surface area contributed by atoms with Crippen molar-refractivity contribution in [3.05, 3.63) is 47.1 Å². The minimum absolute atomic E-state index is 0.330. The third-order valence-corrected chi connectivity index (χ3v) is 2.88. The summed E-state index contributed by atoms with van der Waals surface area (Å²) in [5.74, 6) is 0. The van der Waals surface area contributed by atoms with Crippen LogP contribution < -0.4 is 5.73 Å². The van der Waals surface area contributed by atoms with Gasteiger partial charge < -0.3 is 5.73 Å². The second kappa shape index (κ2) is 5.33. The second-order valence-electron chi connectivity index (χ2n) is 4.18. The van der Waals surface area contributed by atoms with Crippen LogP contribution in [0, 0.1) is 0 Å². The Balaban J connectivity index is 2.57. The fraction of sp³-hybridized carbons (Fsp3) is 0.231. The molecule has 5 heteroatoms. The van der Waals surface area contributed by atoms with Crippen molar-refractivity contribution >= 4 is 11.6 Å². The molecule has 0 spiro atoms. The van der Waals surface area contributed by atoms with Gasteiger partial charge in [0, 0.05) is 12.1 Å². The van der Waals surface area contributed by atoms with E-state index in [9.17, 15) is 0 Å². The Bertz CT molecular complexity index is 574. The van der Waals surface area contributed by atoms with E-state index in [4.69, 9.17) is 17.3 Å². The highest BCUT2D eigenvalue weighted by atomic mass is 35.5. The summed E-state index contributed by atoms with van der Waals surface area (Å²) in [4.78, 5) is 0. The van der Waals surface area contributed by atoms with Crippen LogP contribution in [0.1, 0.15) is 12.6 Å². The van der Waals surface area contributed by atoms with Gasteiger partial charge in [0.2, 0.25) is 0 Å². The summed E-state index contributed by atoms with van der Waals surface area (Å²) in [5, 5.41) is 8.87. The van der Waals surface area contributed by atoms with E-state index < -0.39 is 0 Å². The first-order chi connectivity index (χ1) is 8.63. The first kappa shape index (κ1) is 12.8. The summed E-state index contributed by atoms with van der Waals surface area (Å²) in [5.41, 5.74) is 9.20. The van der Waals surface area contributed by atoms with Gasteiger partial charge >= 0.3 is 0 Å². The molecule has 4 nitrogen and oxygen atoms in total. The van der Waals surface area contributed by atoms with Crippen molar-refractivity contribution in [3.8, 4) is 11.3 Å². The fourth-order valence-corrected chi connectivity index (χ4v) is 2.03. The summed E-state index contributed by atoms with van der Waals surface area (Å²) >= 11 is 6.22. The number of benzene rings is 1. The monoisotopic (exact) mass is 262 g/mol. The molecule has 0 saturated carbocycles. The molecule has 0 atom stereocenters. The molecule has 0 aliphatic carbocycles. The van der Waals surface area contributed by atoms with Crippen LogP contribution in [0.4, 0.5) is 0 Å². The summed E-state index contributed by atoms with van der Waals surface area (Å²) < 4.78 is 1.78. The molecule has 94 valence electrons. The van der Waals surface area contributed by atoms with Crippen molar-refractivity contribution in [2.45, 2.75) is 20.0 Å². The second-order valence-corrected chi connectivity index (χ2v) is 4.59. The molecular weight excluding hydrogens is 248 g/mol. The maximum atomic E-state index is 6.22. The van der Waals surface area contributed by atoms with E-state index in [-0.39, 0.29) is 0 Å². The molecule has 1 aromatic carbocycles. The Kier molecular flexibility index (Phi) is 3.79. The maximum absolute atomic E-state index is 6.22. The van der Waals surface area contributed by atoms with Gasteiger partial charge in [-0.2, -0.15) is 0 Å². The lowest BCUT2D eigenvalue weighted by atomic mass is 10.1. The fourth-order valence-electron chi connectivity index (χ4n) is 1.80. The molecule has 0 bridgehead atoms. The van der Waals surface area contributed by atoms with Crippen molar-refractivity contribution in [2.75, 3.05) is 0 Å². The van der Waals surface area contributed by atoms with Crippen LogP contribution in [-0.4, -0.2) is 15.0 Å². The van der Waals surface area contributed by atoms with Gasteiger partial charge in [0.15, 0.2) is 0 Å². The van der Waals surface area contributed by atoms with Crippen molar-refractivity contribution in [1.29, 1.82) is 0 Å². The number of aromatic nitrogens is 3. The van der Waals surface area contributed by atoms with E-state index in [0.717, 1.165) is 22.5 Å². The lowest BCUT2D eigenvalue weighted by Gasteiger charge is -2.09. The van der Waals surface area contributed by atoms with Gasteiger partial charge in [-0.15, -0.1) is 5.10 Å². The molecule has 0 unspecified atom stereocenters. The lowest BCUT2D eigenvalue weighted by molar-refractivity contribution is 0.648. The number of halogens is 1. The van der Waals surface area contributed by atoms with Crippen LogP contribution in [0.5, 0.6) is 0 Å². The van der Waals surface area contributed by atoms with Gasteiger partial charge in [-0.1, -0.05) is 47.2 Å². The van der Waals surface area contributed by atoms with Crippen LogP contribution in [0.2, 0.25) is 5.02 Å². The smallest absolute Gasteiger partial charge is 0.104 e. The zero-order valence-electron chi connectivity index (χ0n) is 10.2. The number of nitrogens with zero attached hydrogens (tertiary/aromatic N) is 3. The van der Waals surface area contributed by atoms with Gasteiger partial charge in [0.05, 0.1) is 17.3 Å². The number of nitrogens with two attached hydrogens (primary N) is 1. The average Bonchev–Trinajstić information content (AvgIpc) is 2.72. The third kappa shape index (κ3) is 2.44. The number of allylic oxidation sites excluding steroid dienone is 1. The van der Waals surface area contributed by atoms with E-state index in [1.165, 1.54) is 0 Å². The summed E-state index contributed by atoms with van der Waals surface area (Å²) in [6.45, 7) is 6.77. The van der Waals surface area contributed by atoms with Crippen molar-refractivity contribution in [1.82, 2.24) is 15.0 Å². The Hall–Kier alpha value is -1.65. The highest BCUT2D eigenvalue weighted by molar-refractivity contribution is 6.33. The molecule has 0 aliphatic rings. The molecule has 1 aromatic heterocycles. The largest absolute Gasteiger partial charge is 0.325 e. The van der Waals surface area contributed by atoms with E-state index in [1.54, 1.807) is 4.68 Å². The van der Waals surface area contributed by atoms with Gasteiger partial charge in [-0.3, -0.25) is 0 Å². The average molecular weight is 263 g/mol. The predicted molar refractivity (Wildman–Crippen MR) is 73.2 cm³/mol. The van der Waals surface area contributed by atoms with Crippen LogP contribution in [-0.2, 0) is 13.1 Å². The molecule has 0 saturated heterocycles.